The first-order valence-corrected chi connectivity index (χ1v) is 9.50. The number of aryl methyl sites for hydroxylation is 1. The van der Waals surface area contributed by atoms with Crippen molar-refractivity contribution in [3.05, 3.63) is 30.4 Å². The van der Waals surface area contributed by atoms with Gasteiger partial charge in [0.25, 0.3) is 0 Å². The van der Waals surface area contributed by atoms with Gasteiger partial charge < -0.3 is 14.8 Å². The molecule has 0 aliphatic heterocycles. The molecular formula is C20H29N5O3. The van der Waals surface area contributed by atoms with Crippen molar-refractivity contribution >= 4 is 18.0 Å². The van der Waals surface area contributed by atoms with Gasteiger partial charge in [0.2, 0.25) is 0 Å². The van der Waals surface area contributed by atoms with Crippen molar-refractivity contribution in [3.63, 3.8) is 0 Å². The minimum Gasteiger partial charge on any atom is -0.497 e. The van der Waals surface area contributed by atoms with Crippen LogP contribution >= 0.6 is 0 Å². The van der Waals surface area contributed by atoms with Crippen LogP contribution in [0.4, 0.5) is 5.69 Å². The molecule has 1 heterocycles. The summed E-state index contributed by atoms with van der Waals surface area (Å²) in [4.78, 5) is 15.9. The molecule has 28 heavy (non-hydrogen) atoms. The zero-order valence-corrected chi connectivity index (χ0v) is 17.0. The Labute approximate surface area is 166 Å². The van der Waals surface area contributed by atoms with E-state index in [1.165, 1.54) is 0 Å². The molecule has 8 nitrogen and oxygen atoms in total. The number of hydrogen-bond acceptors (Lipinski definition) is 6. The zero-order chi connectivity index (χ0) is 20.4. The van der Waals surface area contributed by atoms with Gasteiger partial charge in [-0.3, -0.25) is 14.4 Å². The molecule has 152 valence electrons. The Morgan fingerprint density at radius 1 is 1.32 bits per heavy atom. The largest absolute Gasteiger partial charge is 0.497 e. The highest BCUT2D eigenvalue weighted by Gasteiger charge is 2.08. The van der Waals surface area contributed by atoms with Crippen molar-refractivity contribution in [3.8, 4) is 11.4 Å². The van der Waals surface area contributed by atoms with Crippen LogP contribution in [0.5, 0.6) is 5.75 Å². The van der Waals surface area contributed by atoms with Gasteiger partial charge in [0, 0.05) is 19.0 Å². The lowest BCUT2D eigenvalue weighted by Gasteiger charge is -2.12. The Hall–Kier alpha value is -2.90. The van der Waals surface area contributed by atoms with E-state index in [0.29, 0.717) is 13.0 Å². The van der Waals surface area contributed by atoms with E-state index < -0.39 is 0 Å². The molecule has 0 fully saturated rings. The lowest BCUT2D eigenvalue weighted by Crippen LogP contribution is -2.10. The summed E-state index contributed by atoms with van der Waals surface area (Å²) in [7, 11) is 1.63. The Morgan fingerprint density at radius 3 is 2.82 bits per heavy atom. The maximum Gasteiger partial charge on any atom is 0.306 e. The highest BCUT2D eigenvalue weighted by molar-refractivity contribution is 5.81. The Bertz CT molecular complexity index is 786. The van der Waals surface area contributed by atoms with Gasteiger partial charge in [-0.2, -0.15) is 0 Å². The van der Waals surface area contributed by atoms with Crippen molar-refractivity contribution in [2.24, 2.45) is 4.99 Å². The van der Waals surface area contributed by atoms with E-state index in [9.17, 15) is 4.79 Å². The molecular weight excluding hydrogens is 358 g/mol. The quantitative estimate of drug-likeness (QED) is 0.274. The van der Waals surface area contributed by atoms with Crippen molar-refractivity contribution < 1.29 is 14.3 Å². The molecule has 0 aliphatic carbocycles. The molecule has 0 aliphatic rings. The first-order valence-electron chi connectivity index (χ1n) is 9.50. The number of ether oxygens (including phenoxy) is 2. The van der Waals surface area contributed by atoms with Crippen LogP contribution in [-0.4, -0.2) is 46.8 Å². The average molecular weight is 387 g/mol. The molecule has 1 aromatic carbocycles. The summed E-state index contributed by atoms with van der Waals surface area (Å²) in [6.07, 6.45) is 6.45. The number of aromatic nitrogens is 3. The van der Waals surface area contributed by atoms with Gasteiger partial charge in [0.15, 0.2) is 0 Å². The predicted molar refractivity (Wildman–Crippen MR) is 109 cm³/mol. The topological polar surface area (TPSA) is 90.6 Å². The first kappa shape index (κ1) is 21.4. The fourth-order valence-electron chi connectivity index (χ4n) is 2.65. The summed E-state index contributed by atoms with van der Waals surface area (Å²) in [5.74, 6) is 1.41. The van der Waals surface area contributed by atoms with Crippen LogP contribution in [0, 0.1) is 6.92 Å². The highest BCUT2D eigenvalue weighted by Crippen LogP contribution is 2.26. The monoisotopic (exact) mass is 387 g/mol. The Balaban J connectivity index is 1.82. The molecule has 0 saturated heterocycles. The number of carbonyl (C=O) groups excluding carboxylic acids is 1. The molecule has 0 spiro atoms. The lowest BCUT2D eigenvalue weighted by molar-refractivity contribution is -0.147. The molecule has 1 N–H and O–H groups in total. The molecule has 0 radical (unpaired) electrons. The van der Waals surface area contributed by atoms with Crippen LogP contribution < -0.4 is 10.1 Å². The van der Waals surface area contributed by atoms with Gasteiger partial charge in [0.1, 0.15) is 17.9 Å². The van der Waals surface area contributed by atoms with E-state index in [0.717, 1.165) is 42.2 Å². The van der Waals surface area contributed by atoms with Crippen LogP contribution in [0.2, 0.25) is 0 Å². The third-order valence-corrected chi connectivity index (χ3v) is 4.03. The van der Waals surface area contributed by atoms with Gasteiger partial charge in [-0.15, -0.1) is 10.2 Å². The standard InChI is InChI=1S/C20H29N5O3/c1-15(2)28-20(26)8-6-5-7-11-21-13-22-18-12-17(27-4)9-10-19(18)25-14-23-24-16(25)3/h9-10,12-15H,5-8,11H2,1-4H3,(H,21,22). The third-order valence-electron chi connectivity index (χ3n) is 4.03. The maximum absolute atomic E-state index is 11.5. The normalized spacial score (nSPS) is 11.2. The number of benzene rings is 1. The van der Waals surface area contributed by atoms with Gasteiger partial charge in [-0.25, -0.2) is 0 Å². The van der Waals surface area contributed by atoms with Crippen LogP contribution in [0.3, 0.4) is 0 Å². The van der Waals surface area contributed by atoms with Crippen LogP contribution in [0.25, 0.3) is 5.69 Å². The second kappa shape index (κ2) is 11.1. The van der Waals surface area contributed by atoms with Gasteiger partial charge in [0.05, 0.1) is 30.9 Å². The van der Waals surface area contributed by atoms with E-state index in [1.54, 1.807) is 19.8 Å². The molecule has 2 rings (SSSR count). The van der Waals surface area contributed by atoms with Crippen molar-refractivity contribution in [2.75, 3.05) is 19.0 Å². The molecule has 1 aromatic heterocycles. The summed E-state index contributed by atoms with van der Waals surface area (Å²) in [5, 5.41) is 11.2. The summed E-state index contributed by atoms with van der Waals surface area (Å²) >= 11 is 0. The van der Waals surface area contributed by atoms with E-state index >= 15 is 0 Å². The average Bonchev–Trinajstić information content (AvgIpc) is 3.08. The summed E-state index contributed by atoms with van der Waals surface area (Å²) < 4.78 is 12.3. The maximum atomic E-state index is 11.5. The number of unbranched alkanes of at least 4 members (excludes halogenated alkanes) is 2. The molecule has 8 heteroatoms. The molecule has 2 aromatic rings. The van der Waals surface area contributed by atoms with Crippen LogP contribution in [-0.2, 0) is 9.53 Å². The third kappa shape index (κ3) is 6.68. The second-order valence-electron chi connectivity index (χ2n) is 6.66. The van der Waals surface area contributed by atoms with Gasteiger partial charge in [-0.05, 0) is 45.7 Å². The van der Waals surface area contributed by atoms with E-state index in [-0.39, 0.29) is 12.1 Å². The van der Waals surface area contributed by atoms with Gasteiger partial charge in [-0.1, -0.05) is 6.42 Å². The minimum atomic E-state index is -0.130. The van der Waals surface area contributed by atoms with Crippen molar-refractivity contribution in [2.45, 2.75) is 52.6 Å². The number of rotatable bonds is 11. The summed E-state index contributed by atoms with van der Waals surface area (Å²) in [5.41, 5.74) is 1.76. The number of nitrogens with one attached hydrogen (secondary N) is 1. The van der Waals surface area contributed by atoms with Crippen LogP contribution in [0.1, 0.15) is 45.4 Å². The first-order chi connectivity index (χ1) is 13.5. The van der Waals surface area contributed by atoms with Crippen LogP contribution in [0.15, 0.2) is 29.5 Å². The highest BCUT2D eigenvalue weighted by atomic mass is 16.5. The fraction of sp³-hybridized carbons (Fsp3) is 0.500. The van der Waals surface area contributed by atoms with E-state index in [4.69, 9.17) is 9.47 Å². The Kier molecular flexibility index (Phi) is 8.45. The predicted octanol–water partition coefficient (Wildman–Crippen LogP) is 3.54. The number of esters is 1. The van der Waals surface area contributed by atoms with Crippen molar-refractivity contribution in [1.82, 2.24) is 14.8 Å². The Morgan fingerprint density at radius 2 is 2.14 bits per heavy atom. The molecule has 0 unspecified atom stereocenters. The number of carbonyl (C=O) groups is 1. The molecule has 0 saturated carbocycles. The van der Waals surface area contributed by atoms with E-state index in [1.807, 2.05) is 43.5 Å². The number of nitrogens with zero attached hydrogens (tertiary/aromatic N) is 4. The number of methoxy groups -OCH3 is 1. The summed E-state index contributed by atoms with van der Waals surface area (Å²) in [6.45, 7) is 6.30. The molecule has 0 bridgehead atoms. The zero-order valence-electron chi connectivity index (χ0n) is 17.0. The number of hydrogen-bond donors (Lipinski definition) is 1. The number of anilines is 1. The number of aliphatic imine (C=N–C) groups is 1. The fourth-order valence-corrected chi connectivity index (χ4v) is 2.65. The smallest absolute Gasteiger partial charge is 0.306 e. The van der Waals surface area contributed by atoms with Gasteiger partial charge >= 0.3 is 5.97 Å². The lowest BCUT2D eigenvalue weighted by atomic mass is 10.2. The molecule has 0 amide bonds. The summed E-state index contributed by atoms with van der Waals surface area (Å²) in [6, 6.07) is 5.74. The van der Waals surface area contributed by atoms with Crippen molar-refractivity contribution in [1.29, 1.82) is 0 Å². The van der Waals surface area contributed by atoms with E-state index in [2.05, 4.69) is 20.5 Å². The molecule has 0 atom stereocenters. The second-order valence-corrected chi connectivity index (χ2v) is 6.66. The minimum absolute atomic E-state index is 0.0495. The SMILES string of the molecule is COc1ccc(-n2cnnc2C)c(NC=NCCCCCC(=O)OC(C)C)c1.